The largest absolute Gasteiger partial charge is 0.463 e. The van der Waals surface area contributed by atoms with Crippen LogP contribution in [0, 0.1) is 6.92 Å². The summed E-state index contributed by atoms with van der Waals surface area (Å²) in [6.45, 7) is 6.85. The lowest BCUT2D eigenvalue weighted by Crippen LogP contribution is -2.33. The van der Waals surface area contributed by atoms with E-state index in [1.165, 1.54) is 34.2 Å². The Kier molecular flexibility index (Phi) is 7.77. The monoisotopic (exact) mass is 516 g/mol. The van der Waals surface area contributed by atoms with Gasteiger partial charge in [0, 0.05) is 12.4 Å². The van der Waals surface area contributed by atoms with Crippen LogP contribution in [0.3, 0.4) is 0 Å². The Balaban J connectivity index is 1.79. The van der Waals surface area contributed by atoms with Crippen molar-refractivity contribution >= 4 is 28.9 Å². The first-order valence-corrected chi connectivity index (χ1v) is 11.3. The molecule has 15 heteroatoms. The van der Waals surface area contributed by atoms with Gasteiger partial charge in [0.25, 0.3) is 5.95 Å². The van der Waals surface area contributed by atoms with Crippen molar-refractivity contribution in [2.45, 2.75) is 38.4 Å². The normalized spacial score (nSPS) is 21.8. The van der Waals surface area contributed by atoms with Crippen molar-refractivity contribution in [3.63, 3.8) is 0 Å². The maximum Gasteiger partial charge on any atom is 0.341 e. The highest BCUT2D eigenvalue weighted by atomic mass is 16.6. The van der Waals surface area contributed by atoms with Crippen LogP contribution in [-0.4, -0.2) is 94.7 Å². The number of esters is 2. The molecule has 0 saturated carbocycles. The fourth-order valence-corrected chi connectivity index (χ4v) is 3.59. The summed E-state index contributed by atoms with van der Waals surface area (Å²) in [5.41, 5.74) is 0.554. The quantitative estimate of drug-likeness (QED) is 0.210. The Labute approximate surface area is 210 Å². The van der Waals surface area contributed by atoms with E-state index < -0.39 is 43.1 Å². The van der Waals surface area contributed by atoms with Crippen LogP contribution in [0.1, 0.15) is 30.4 Å². The molecule has 0 bridgehead atoms. The van der Waals surface area contributed by atoms with Crippen LogP contribution in [0.5, 0.6) is 0 Å². The fraction of sp³-hybridized carbons (Fsp3) is 0.409. The zero-order valence-electron chi connectivity index (χ0n) is 20.0. The second-order valence-corrected chi connectivity index (χ2v) is 7.85. The number of imidazole rings is 1. The second-order valence-electron chi connectivity index (χ2n) is 7.85. The number of nitrogens with zero attached hydrogens (tertiary/aromatic N) is 6. The predicted octanol–water partition coefficient (Wildman–Crippen LogP) is -0.507. The van der Waals surface area contributed by atoms with E-state index in [-0.39, 0.29) is 47.3 Å². The second kappa shape index (κ2) is 11.0. The van der Waals surface area contributed by atoms with Gasteiger partial charge in [-0.2, -0.15) is 15.1 Å². The summed E-state index contributed by atoms with van der Waals surface area (Å²) in [6, 6.07) is 0. The first-order valence-electron chi connectivity index (χ1n) is 11.3. The number of aromatic nitrogens is 6. The van der Waals surface area contributed by atoms with E-state index in [4.69, 9.17) is 14.2 Å². The molecule has 4 N–H and O–H groups in total. The van der Waals surface area contributed by atoms with Crippen LogP contribution in [0.15, 0.2) is 30.5 Å². The number of aliphatic hydroxyl groups is 3. The van der Waals surface area contributed by atoms with Gasteiger partial charge < -0.3 is 34.8 Å². The summed E-state index contributed by atoms with van der Waals surface area (Å²) in [7, 11) is 0. The number of fused-ring (bicyclic) bond motifs is 1. The number of ether oxygens (including phenoxy) is 3. The molecule has 1 aliphatic rings. The van der Waals surface area contributed by atoms with Crippen LogP contribution in [-0.2, 0) is 19.0 Å². The van der Waals surface area contributed by atoms with Crippen LogP contribution in [0.25, 0.3) is 17.1 Å². The molecule has 4 rings (SSSR count). The molecular weight excluding hydrogens is 490 g/mol. The standard InChI is InChI=1S/C22H26N7O8/c1-4-35-20(33)11(3)6-23-17-14-18(28(10-24-14)19-16(32)15(31)13(9-30)37-19)27-22(26-17)29-8-12(7-25-29)21(34)36-5-2/h6-8,10,13,15-16,19,30-32H,3-5,9H2,1-2H3,(H,23,26,27)/b11-6-/t13?,15-,16-,19-/m1/s1. The maximum absolute atomic E-state index is 12.1. The Morgan fingerprint density at radius 1 is 1.22 bits per heavy atom. The zero-order chi connectivity index (χ0) is 26.7. The van der Waals surface area contributed by atoms with E-state index in [0.717, 1.165) is 0 Å². The Morgan fingerprint density at radius 2 is 1.97 bits per heavy atom. The summed E-state index contributed by atoms with van der Waals surface area (Å²) in [5.74, 6) is -1.09. The molecule has 0 aliphatic carbocycles. The van der Waals surface area contributed by atoms with E-state index in [1.54, 1.807) is 13.8 Å². The zero-order valence-corrected chi connectivity index (χ0v) is 20.0. The molecule has 1 saturated heterocycles. The summed E-state index contributed by atoms with van der Waals surface area (Å²) in [6.07, 6.45) is 0.387. The molecular formula is C22H26N7O8. The molecule has 4 atom stereocenters. The van der Waals surface area contributed by atoms with Crippen molar-refractivity contribution in [2.24, 2.45) is 0 Å². The topological polar surface area (TPSA) is 196 Å². The number of anilines is 1. The molecule has 0 amide bonds. The number of carbonyl (C=O) groups excluding carboxylic acids is 2. The number of hydrogen-bond donors (Lipinski definition) is 4. The smallest absolute Gasteiger partial charge is 0.341 e. The van der Waals surface area contributed by atoms with E-state index in [2.05, 4.69) is 32.3 Å². The Morgan fingerprint density at radius 3 is 2.65 bits per heavy atom. The summed E-state index contributed by atoms with van der Waals surface area (Å²) < 4.78 is 18.1. The van der Waals surface area contributed by atoms with Gasteiger partial charge in [0.2, 0.25) is 0 Å². The van der Waals surface area contributed by atoms with Crippen molar-refractivity contribution in [1.29, 1.82) is 0 Å². The molecule has 197 valence electrons. The molecule has 0 aromatic carbocycles. The Bertz CT molecular complexity index is 1320. The molecule has 4 heterocycles. The fourth-order valence-electron chi connectivity index (χ4n) is 3.59. The first-order chi connectivity index (χ1) is 17.8. The third kappa shape index (κ3) is 5.15. The van der Waals surface area contributed by atoms with Crippen molar-refractivity contribution in [3.8, 4) is 5.95 Å². The lowest BCUT2D eigenvalue weighted by atomic mass is 10.1. The minimum atomic E-state index is -1.39. The lowest BCUT2D eigenvalue weighted by Gasteiger charge is -2.17. The minimum absolute atomic E-state index is 0.00538. The number of nitrogens with one attached hydrogen (secondary N) is 1. The maximum atomic E-state index is 12.1. The van der Waals surface area contributed by atoms with Crippen molar-refractivity contribution in [2.75, 3.05) is 25.1 Å². The predicted molar refractivity (Wildman–Crippen MR) is 125 cm³/mol. The third-order valence-corrected chi connectivity index (χ3v) is 5.42. The lowest BCUT2D eigenvalue weighted by molar-refractivity contribution is -0.138. The van der Waals surface area contributed by atoms with Crippen LogP contribution < -0.4 is 5.32 Å². The molecule has 37 heavy (non-hydrogen) atoms. The molecule has 3 aromatic heterocycles. The molecule has 1 unspecified atom stereocenters. The summed E-state index contributed by atoms with van der Waals surface area (Å²) in [5, 5.41) is 37.1. The van der Waals surface area contributed by atoms with Crippen molar-refractivity contribution < 1.29 is 39.1 Å². The first kappa shape index (κ1) is 26.2. The van der Waals surface area contributed by atoms with Gasteiger partial charge in [-0.1, -0.05) is 0 Å². The number of aliphatic hydroxyl groups excluding tert-OH is 3. The molecule has 3 aromatic rings. The van der Waals surface area contributed by atoms with Gasteiger partial charge in [0.15, 0.2) is 23.2 Å². The molecule has 1 aliphatic heterocycles. The third-order valence-electron chi connectivity index (χ3n) is 5.42. The average molecular weight is 516 g/mol. The number of hydrogen-bond acceptors (Lipinski definition) is 13. The summed E-state index contributed by atoms with van der Waals surface area (Å²) in [4.78, 5) is 37.2. The van der Waals surface area contributed by atoms with Crippen molar-refractivity contribution in [3.05, 3.63) is 43.0 Å². The van der Waals surface area contributed by atoms with Gasteiger partial charge in [-0.05, 0) is 20.8 Å². The van der Waals surface area contributed by atoms with Crippen LogP contribution in [0.2, 0.25) is 0 Å². The van der Waals surface area contributed by atoms with Crippen LogP contribution in [0.4, 0.5) is 5.82 Å². The van der Waals surface area contributed by atoms with Crippen LogP contribution >= 0.6 is 0 Å². The highest BCUT2D eigenvalue weighted by Crippen LogP contribution is 2.32. The number of carbonyl (C=O) groups is 2. The molecule has 15 nitrogen and oxygen atoms in total. The molecule has 0 spiro atoms. The molecule has 1 fully saturated rings. The van der Waals surface area contributed by atoms with Gasteiger partial charge in [0.05, 0.1) is 43.5 Å². The SMILES string of the molecule is [CH2]/C(=C/Nc1nc(-n2cc(C(=O)OCC)cn2)nc2c1ncn2[C@@H]1OC(CO)[C@@H](O)[C@H]1O)C(=O)OCC. The minimum Gasteiger partial charge on any atom is -0.463 e. The van der Waals surface area contributed by atoms with Gasteiger partial charge in [-0.3, -0.25) is 4.57 Å². The molecule has 1 radical (unpaired) electrons. The summed E-state index contributed by atoms with van der Waals surface area (Å²) >= 11 is 0. The highest BCUT2D eigenvalue weighted by Gasteiger charge is 2.44. The number of rotatable bonds is 9. The van der Waals surface area contributed by atoms with E-state index in [9.17, 15) is 24.9 Å². The van der Waals surface area contributed by atoms with Gasteiger partial charge in [0.1, 0.15) is 18.3 Å². The van der Waals surface area contributed by atoms with Gasteiger partial charge in [-0.15, -0.1) is 0 Å². The average Bonchev–Trinajstić information content (AvgIpc) is 3.61. The van der Waals surface area contributed by atoms with E-state index >= 15 is 0 Å². The van der Waals surface area contributed by atoms with E-state index in [1.807, 2.05) is 0 Å². The van der Waals surface area contributed by atoms with Gasteiger partial charge >= 0.3 is 11.9 Å². The van der Waals surface area contributed by atoms with E-state index in [0.29, 0.717) is 0 Å². The van der Waals surface area contributed by atoms with Crippen molar-refractivity contribution in [1.82, 2.24) is 29.3 Å². The Hall–Kier alpha value is -3.92. The highest BCUT2D eigenvalue weighted by molar-refractivity contribution is 5.91. The van der Waals surface area contributed by atoms with Gasteiger partial charge in [-0.25, -0.2) is 19.3 Å².